The van der Waals surface area contributed by atoms with Crippen molar-refractivity contribution in [2.75, 3.05) is 18.8 Å². The van der Waals surface area contributed by atoms with Crippen molar-refractivity contribution in [3.8, 4) is 6.07 Å². The van der Waals surface area contributed by atoms with E-state index >= 15 is 0 Å². The molecule has 4 heteroatoms. The van der Waals surface area contributed by atoms with Crippen LogP contribution >= 0.6 is 11.8 Å². The van der Waals surface area contributed by atoms with Gasteiger partial charge in [-0.25, -0.2) is 4.98 Å². The summed E-state index contributed by atoms with van der Waals surface area (Å²) in [5.41, 5.74) is 0.692. The van der Waals surface area contributed by atoms with Gasteiger partial charge in [-0.05, 0) is 37.6 Å². The van der Waals surface area contributed by atoms with E-state index in [9.17, 15) is 0 Å². The Labute approximate surface area is 93.9 Å². The zero-order valence-electron chi connectivity index (χ0n) is 8.44. The minimum Gasteiger partial charge on any atom is -0.316 e. The van der Waals surface area contributed by atoms with Crippen LogP contribution in [0.3, 0.4) is 0 Å². The number of hydrogen-bond donors (Lipinski definition) is 1. The molecule has 1 N–H and O–H groups in total. The number of rotatable bonds is 3. The highest BCUT2D eigenvalue weighted by Gasteiger charge is 2.14. The van der Waals surface area contributed by atoms with Crippen molar-refractivity contribution >= 4 is 11.8 Å². The molecule has 2 heterocycles. The minimum absolute atomic E-state index is 0.692. The summed E-state index contributed by atoms with van der Waals surface area (Å²) in [7, 11) is 0. The average molecular weight is 219 g/mol. The topological polar surface area (TPSA) is 48.7 Å². The lowest BCUT2D eigenvalue weighted by atomic mass is 10.2. The summed E-state index contributed by atoms with van der Waals surface area (Å²) in [5, 5.41) is 13.0. The molecular formula is C11H13N3S. The molecule has 0 radical (unpaired) electrons. The molecule has 2 rings (SSSR count). The van der Waals surface area contributed by atoms with E-state index in [0.29, 0.717) is 5.56 Å². The van der Waals surface area contributed by atoms with Crippen molar-refractivity contribution in [1.82, 2.24) is 10.3 Å². The molecule has 0 aliphatic carbocycles. The Morgan fingerprint density at radius 3 is 3.33 bits per heavy atom. The van der Waals surface area contributed by atoms with Gasteiger partial charge in [0.2, 0.25) is 0 Å². The van der Waals surface area contributed by atoms with E-state index in [4.69, 9.17) is 5.26 Å². The van der Waals surface area contributed by atoms with E-state index in [1.807, 2.05) is 6.07 Å². The Morgan fingerprint density at radius 1 is 1.67 bits per heavy atom. The molecule has 1 aliphatic rings. The van der Waals surface area contributed by atoms with Crippen molar-refractivity contribution in [2.45, 2.75) is 11.4 Å². The Morgan fingerprint density at radius 2 is 2.60 bits per heavy atom. The Kier molecular flexibility index (Phi) is 3.59. The zero-order chi connectivity index (χ0) is 10.5. The molecule has 0 saturated carbocycles. The van der Waals surface area contributed by atoms with E-state index in [-0.39, 0.29) is 0 Å². The van der Waals surface area contributed by atoms with Gasteiger partial charge >= 0.3 is 0 Å². The fraction of sp³-hybridized carbons (Fsp3) is 0.455. The van der Waals surface area contributed by atoms with Gasteiger partial charge in [-0.1, -0.05) is 0 Å². The smallest absolute Gasteiger partial charge is 0.0993 e. The SMILES string of the molecule is N#Cc1ccnc(SCC2CCNC2)c1. The first-order valence-corrected chi connectivity index (χ1v) is 6.07. The highest BCUT2D eigenvalue weighted by atomic mass is 32.2. The van der Waals surface area contributed by atoms with E-state index in [1.54, 1.807) is 24.0 Å². The third kappa shape index (κ3) is 2.95. The van der Waals surface area contributed by atoms with Crippen LogP contribution in [0.2, 0.25) is 0 Å². The Balaban J connectivity index is 1.90. The number of nitrogens with one attached hydrogen (secondary N) is 1. The summed E-state index contributed by atoms with van der Waals surface area (Å²) in [4.78, 5) is 4.24. The summed E-state index contributed by atoms with van der Waals surface area (Å²) in [6, 6.07) is 5.72. The molecule has 0 spiro atoms. The van der Waals surface area contributed by atoms with Crippen LogP contribution in [0.5, 0.6) is 0 Å². The van der Waals surface area contributed by atoms with Crippen LogP contribution in [-0.2, 0) is 0 Å². The maximum absolute atomic E-state index is 8.74. The van der Waals surface area contributed by atoms with Gasteiger partial charge in [0.1, 0.15) is 0 Å². The zero-order valence-corrected chi connectivity index (χ0v) is 9.26. The molecule has 1 fully saturated rings. The molecule has 15 heavy (non-hydrogen) atoms. The van der Waals surface area contributed by atoms with Gasteiger partial charge in [-0.3, -0.25) is 0 Å². The van der Waals surface area contributed by atoms with Crippen molar-refractivity contribution in [3.05, 3.63) is 23.9 Å². The fourth-order valence-corrected chi connectivity index (χ4v) is 2.65. The molecule has 78 valence electrons. The van der Waals surface area contributed by atoms with Gasteiger partial charge < -0.3 is 5.32 Å². The van der Waals surface area contributed by atoms with Crippen LogP contribution < -0.4 is 5.32 Å². The Bertz CT molecular complexity index is 366. The third-order valence-corrected chi connectivity index (χ3v) is 3.65. The van der Waals surface area contributed by atoms with Crippen molar-refractivity contribution in [3.63, 3.8) is 0 Å². The van der Waals surface area contributed by atoms with E-state index in [2.05, 4.69) is 16.4 Å². The van der Waals surface area contributed by atoms with Crippen molar-refractivity contribution < 1.29 is 0 Å². The summed E-state index contributed by atoms with van der Waals surface area (Å²) < 4.78 is 0. The number of thioether (sulfide) groups is 1. The third-order valence-electron chi connectivity index (χ3n) is 2.49. The number of pyridine rings is 1. The predicted molar refractivity (Wildman–Crippen MR) is 60.7 cm³/mol. The number of aromatic nitrogens is 1. The molecule has 1 saturated heterocycles. The van der Waals surface area contributed by atoms with Crippen LogP contribution in [-0.4, -0.2) is 23.8 Å². The average Bonchev–Trinajstić information content (AvgIpc) is 2.79. The lowest BCUT2D eigenvalue weighted by molar-refractivity contribution is 0.662. The van der Waals surface area contributed by atoms with Crippen LogP contribution in [0.1, 0.15) is 12.0 Å². The molecule has 1 aromatic rings. The summed E-state index contributed by atoms with van der Waals surface area (Å²) in [5.74, 6) is 1.84. The molecule has 1 unspecified atom stereocenters. The van der Waals surface area contributed by atoms with Gasteiger partial charge in [0.25, 0.3) is 0 Å². The minimum atomic E-state index is 0.692. The fourth-order valence-electron chi connectivity index (χ4n) is 1.62. The van der Waals surface area contributed by atoms with Crippen LogP contribution in [0.15, 0.2) is 23.4 Å². The monoisotopic (exact) mass is 219 g/mol. The second kappa shape index (κ2) is 5.15. The number of hydrogen-bond acceptors (Lipinski definition) is 4. The van der Waals surface area contributed by atoms with Gasteiger partial charge in [-0.2, -0.15) is 5.26 Å². The van der Waals surface area contributed by atoms with Gasteiger partial charge in [-0.15, -0.1) is 11.8 Å². The summed E-state index contributed by atoms with van der Waals surface area (Å²) >= 11 is 1.74. The molecule has 0 bridgehead atoms. The first-order valence-electron chi connectivity index (χ1n) is 5.08. The maximum Gasteiger partial charge on any atom is 0.0993 e. The van der Waals surface area contributed by atoms with Crippen LogP contribution in [0, 0.1) is 17.2 Å². The largest absolute Gasteiger partial charge is 0.316 e. The number of nitrogens with zero attached hydrogens (tertiary/aromatic N) is 2. The normalized spacial score (nSPS) is 20.1. The van der Waals surface area contributed by atoms with E-state index < -0.39 is 0 Å². The Hall–Kier alpha value is -1.05. The second-order valence-electron chi connectivity index (χ2n) is 3.66. The van der Waals surface area contributed by atoms with E-state index in [1.165, 1.54) is 6.42 Å². The van der Waals surface area contributed by atoms with Gasteiger partial charge in [0.15, 0.2) is 0 Å². The van der Waals surface area contributed by atoms with E-state index in [0.717, 1.165) is 29.8 Å². The predicted octanol–water partition coefficient (Wildman–Crippen LogP) is 1.65. The molecular weight excluding hydrogens is 206 g/mol. The highest BCUT2D eigenvalue weighted by Crippen LogP contribution is 2.21. The molecule has 3 nitrogen and oxygen atoms in total. The quantitative estimate of drug-likeness (QED) is 0.785. The van der Waals surface area contributed by atoms with Crippen molar-refractivity contribution in [1.29, 1.82) is 5.26 Å². The first kappa shape index (κ1) is 10.5. The molecule has 1 atom stereocenters. The molecule has 0 aromatic carbocycles. The molecule has 1 aliphatic heterocycles. The lowest BCUT2D eigenvalue weighted by Crippen LogP contribution is -2.10. The molecule has 0 amide bonds. The first-order chi connectivity index (χ1) is 7.38. The molecule has 1 aromatic heterocycles. The second-order valence-corrected chi connectivity index (χ2v) is 4.70. The maximum atomic E-state index is 8.74. The van der Waals surface area contributed by atoms with Gasteiger partial charge in [0, 0.05) is 11.9 Å². The highest BCUT2D eigenvalue weighted by molar-refractivity contribution is 7.99. The van der Waals surface area contributed by atoms with Crippen LogP contribution in [0.25, 0.3) is 0 Å². The number of nitriles is 1. The lowest BCUT2D eigenvalue weighted by Gasteiger charge is -2.06. The van der Waals surface area contributed by atoms with Gasteiger partial charge in [0.05, 0.1) is 16.7 Å². The summed E-state index contributed by atoms with van der Waals surface area (Å²) in [6.07, 6.45) is 2.96. The van der Waals surface area contributed by atoms with Crippen LogP contribution in [0.4, 0.5) is 0 Å². The standard InChI is InChI=1S/C11H13N3S/c12-6-9-2-4-14-11(5-9)15-8-10-1-3-13-7-10/h2,4-5,10,13H,1,3,7-8H2. The van der Waals surface area contributed by atoms with Crippen molar-refractivity contribution in [2.24, 2.45) is 5.92 Å². The summed E-state index contributed by atoms with van der Waals surface area (Å²) in [6.45, 7) is 2.25.